The molecule has 138 valence electrons. The number of ether oxygens (including phenoxy) is 1. The second kappa shape index (κ2) is 6.75. The van der Waals surface area contributed by atoms with E-state index in [0.717, 1.165) is 22.3 Å². The van der Waals surface area contributed by atoms with Crippen molar-refractivity contribution in [2.45, 2.75) is 13.8 Å². The zero-order chi connectivity index (χ0) is 19.8. The SMILES string of the molecule is COc1cc2c(-c3ccccc3)c(C)oc2cc1-c1cc(C)[nH]c(=O)c1C#N. The smallest absolute Gasteiger partial charge is 0.266 e. The van der Waals surface area contributed by atoms with E-state index < -0.39 is 5.56 Å². The Balaban J connectivity index is 2.04. The molecule has 0 atom stereocenters. The predicted octanol–water partition coefficient (Wildman–Crippen LogP) is 4.95. The number of aryl methyl sites for hydroxylation is 2. The molecular formula is C23H18N2O3. The summed E-state index contributed by atoms with van der Waals surface area (Å²) in [4.78, 5) is 14.9. The molecule has 2 aromatic carbocycles. The second-order valence-electron chi connectivity index (χ2n) is 6.63. The molecule has 0 radical (unpaired) electrons. The maximum Gasteiger partial charge on any atom is 0.266 e. The molecule has 0 unspecified atom stereocenters. The molecule has 28 heavy (non-hydrogen) atoms. The minimum Gasteiger partial charge on any atom is -0.496 e. The monoisotopic (exact) mass is 370 g/mol. The van der Waals surface area contributed by atoms with Crippen molar-refractivity contribution in [3.05, 3.63) is 75.9 Å². The lowest BCUT2D eigenvalue weighted by atomic mass is 9.96. The van der Waals surface area contributed by atoms with Crippen LogP contribution in [-0.2, 0) is 0 Å². The van der Waals surface area contributed by atoms with E-state index in [1.54, 1.807) is 20.1 Å². The Morgan fingerprint density at radius 1 is 1.07 bits per heavy atom. The average Bonchev–Trinajstić information content (AvgIpc) is 3.01. The molecule has 2 aromatic heterocycles. The van der Waals surface area contributed by atoms with Gasteiger partial charge in [-0.2, -0.15) is 5.26 Å². The molecule has 0 aliphatic heterocycles. The standard InChI is InChI=1S/C23H18N2O3/c1-13-9-16(19(12-24)23(26)25-13)17-10-21-18(11-20(17)27-3)22(14(2)28-21)15-7-5-4-6-8-15/h4-11H,1-3H3,(H,25,26). The third-order valence-electron chi connectivity index (χ3n) is 4.82. The van der Waals surface area contributed by atoms with Gasteiger partial charge in [0.25, 0.3) is 5.56 Å². The third-order valence-corrected chi connectivity index (χ3v) is 4.82. The van der Waals surface area contributed by atoms with Gasteiger partial charge in [0.05, 0.1) is 7.11 Å². The van der Waals surface area contributed by atoms with Gasteiger partial charge in [-0.15, -0.1) is 0 Å². The number of furan rings is 1. The van der Waals surface area contributed by atoms with E-state index in [2.05, 4.69) is 4.98 Å². The summed E-state index contributed by atoms with van der Waals surface area (Å²) in [5.41, 5.74) is 4.21. The highest BCUT2D eigenvalue weighted by Gasteiger charge is 2.20. The predicted molar refractivity (Wildman–Crippen MR) is 108 cm³/mol. The van der Waals surface area contributed by atoms with Crippen molar-refractivity contribution < 1.29 is 9.15 Å². The fourth-order valence-corrected chi connectivity index (χ4v) is 3.60. The van der Waals surface area contributed by atoms with E-state index >= 15 is 0 Å². The van der Waals surface area contributed by atoms with Crippen LogP contribution in [0.3, 0.4) is 0 Å². The molecule has 0 aliphatic rings. The first-order chi connectivity index (χ1) is 13.5. The molecule has 5 heteroatoms. The summed E-state index contributed by atoms with van der Waals surface area (Å²) in [6.45, 7) is 3.70. The van der Waals surface area contributed by atoms with Gasteiger partial charge >= 0.3 is 0 Å². The molecule has 2 heterocycles. The fraction of sp³-hybridized carbons (Fsp3) is 0.130. The second-order valence-corrected chi connectivity index (χ2v) is 6.63. The van der Waals surface area contributed by atoms with Crippen molar-refractivity contribution in [3.63, 3.8) is 0 Å². The van der Waals surface area contributed by atoms with Crippen molar-refractivity contribution in [1.29, 1.82) is 5.26 Å². The highest BCUT2D eigenvalue weighted by atomic mass is 16.5. The Labute approximate surface area is 161 Å². The molecule has 0 saturated carbocycles. The molecule has 4 rings (SSSR count). The quantitative estimate of drug-likeness (QED) is 0.553. The Kier molecular flexibility index (Phi) is 4.25. The van der Waals surface area contributed by atoms with Crippen molar-refractivity contribution in [3.8, 4) is 34.1 Å². The van der Waals surface area contributed by atoms with Crippen LogP contribution in [0.2, 0.25) is 0 Å². The van der Waals surface area contributed by atoms with E-state index in [1.807, 2.05) is 55.5 Å². The number of fused-ring (bicyclic) bond motifs is 1. The van der Waals surface area contributed by atoms with Gasteiger partial charge in [0, 0.05) is 27.8 Å². The van der Waals surface area contributed by atoms with Crippen LogP contribution in [0.1, 0.15) is 17.0 Å². The molecule has 0 amide bonds. The number of pyridine rings is 1. The van der Waals surface area contributed by atoms with Gasteiger partial charge in [0.15, 0.2) is 0 Å². The number of nitriles is 1. The van der Waals surface area contributed by atoms with E-state index in [0.29, 0.717) is 28.2 Å². The Hall–Kier alpha value is -3.78. The van der Waals surface area contributed by atoms with Crippen LogP contribution >= 0.6 is 0 Å². The highest BCUT2D eigenvalue weighted by Crippen LogP contribution is 2.41. The van der Waals surface area contributed by atoms with Crippen LogP contribution in [0.5, 0.6) is 5.75 Å². The summed E-state index contributed by atoms with van der Waals surface area (Å²) in [5.74, 6) is 1.37. The number of hydrogen-bond acceptors (Lipinski definition) is 4. The summed E-state index contributed by atoms with van der Waals surface area (Å²) in [5, 5.41) is 10.4. The number of rotatable bonds is 3. The Bertz CT molecular complexity index is 1290. The first kappa shape index (κ1) is 17.6. The summed E-state index contributed by atoms with van der Waals surface area (Å²) < 4.78 is 11.6. The van der Waals surface area contributed by atoms with Crippen LogP contribution in [0.25, 0.3) is 33.2 Å². The molecule has 0 fully saturated rings. The third kappa shape index (κ3) is 2.76. The van der Waals surface area contributed by atoms with Crippen molar-refractivity contribution in [2.24, 2.45) is 0 Å². The molecule has 0 bridgehead atoms. The maximum absolute atomic E-state index is 12.2. The normalized spacial score (nSPS) is 10.8. The van der Waals surface area contributed by atoms with E-state index in [-0.39, 0.29) is 5.56 Å². The van der Waals surface area contributed by atoms with Crippen LogP contribution in [-0.4, -0.2) is 12.1 Å². The zero-order valence-electron chi connectivity index (χ0n) is 15.8. The molecule has 0 spiro atoms. The zero-order valence-corrected chi connectivity index (χ0v) is 15.8. The largest absolute Gasteiger partial charge is 0.496 e. The van der Waals surface area contributed by atoms with E-state index in [4.69, 9.17) is 9.15 Å². The fourth-order valence-electron chi connectivity index (χ4n) is 3.60. The minimum absolute atomic E-state index is 0.0508. The first-order valence-corrected chi connectivity index (χ1v) is 8.84. The maximum atomic E-state index is 12.2. The number of aromatic amines is 1. The van der Waals surface area contributed by atoms with Gasteiger partial charge in [-0.1, -0.05) is 30.3 Å². The van der Waals surface area contributed by atoms with Gasteiger partial charge in [0.2, 0.25) is 0 Å². The van der Waals surface area contributed by atoms with Crippen LogP contribution in [0.4, 0.5) is 0 Å². The highest BCUT2D eigenvalue weighted by molar-refractivity contribution is 5.99. The lowest BCUT2D eigenvalue weighted by Crippen LogP contribution is -2.12. The molecule has 4 aromatic rings. The minimum atomic E-state index is -0.416. The van der Waals surface area contributed by atoms with Crippen LogP contribution in [0, 0.1) is 25.2 Å². The van der Waals surface area contributed by atoms with Gasteiger partial charge in [0.1, 0.15) is 28.7 Å². The number of hydrogen-bond donors (Lipinski definition) is 1. The molecule has 0 aliphatic carbocycles. The van der Waals surface area contributed by atoms with Gasteiger partial charge in [-0.05, 0) is 37.6 Å². The number of aromatic nitrogens is 1. The number of nitrogens with one attached hydrogen (secondary N) is 1. The Morgan fingerprint density at radius 3 is 2.50 bits per heavy atom. The van der Waals surface area contributed by atoms with Crippen LogP contribution < -0.4 is 10.3 Å². The summed E-state index contributed by atoms with van der Waals surface area (Å²) in [6, 6.07) is 17.5. The van der Waals surface area contributed by atoms with Crippen molar-refractivity contribution in [2.75, 3.05) is 7.11 Å². The number of methoxy groups -OCH3 is 1. The van der Waals surface area contributed by atoms with Gasteiger partial charge in [-0.3, -0.25) is 4.79 Å². The summed E-state index contributed by atoms with van der Waals surface area (Å²) in [7, 11) is 1.58. The summed E-state index contributed by atoms with van der Waals surface area (Å²) in [6.07, 6.45) is 0. The topological polar surface area (TPSA) is 79.0 Å². The molecular weight excluding hydrogens is 352 g/mol. The number of benzene rings is 2. The van der Waals surface area contributed by atoms with Crippen molar-refractivity contribution >= 4 is 11.0 Å². The van der Waals surface area contributed by atoms with E-state index in [1.165, 1.54) is 0 Å². The Morgan fingerprint density at radius 2 is 1.82 bits per heavy atom. The molecule has 5 nitrogen and oxygen atoms in total. The first-order valence-electron chi connectivity index (χ1n) is 8.84. The van der Waals surface area contributed by atoms with Crippen LogP contribution in [0.15, 0.2) is 57.7 Å². The average molecular weight is 370 g/mol. The van der Waals surface area contributed by atoms with E-state index in [9.17, 15) is 10.1 Å². The lowest BCUT2D eigenvalue weighted by Gasteiger charge is -2.11. The molecule has 0 saturated heterocycles. The molecule has 1 N–H and O–H groups in total. The lowest BCUT2D eigenvalue weighted by molar-refractivity contribution is 0.417. The number of H-pyrrole nitrogens is 1. The van der Waals surface area contributed by atoms with Gasteiger partial charge in [-0.25, -0.2) is 0 Å². The summed E-state index contributed by atoms with van der Waals surface area (Å²) >= 11 is 0. The van der Waals surface area contributed by atoms with Gasteiger partial charge < -0.3 is 14.1 Å². The van der Waals surface area contributed by atoms with Crippen molar-refractivity contribution in [1.82, 2.24) is 4.98 Å². The number of nitrogens with zero attached hydrogens (tertiary/aromatic N) is 1.